The van der Waals surface area contributed by atoms with Crippen LogP contribution in [-0.4, -0.2) is 12.5 Å². The van der Waals surface area contributed by atoms with Crippen molar-refractivity contribution in [3.8, 4) is 0 Å². The Hall–Kier alpha value is -2.09. The largest absolute Gasteiger partial charge is 0.477 e. The van der Waals surface area contributed by atoms with Gasteiger partial charge in [0.2, 0.25) is 5.90 Å². The van der Waals surface area contributed by atoms with E-state index in [4.69, 9.17) is 9.73 Å². The van der Waals surface area contributed by atoms with E-state index in [0.29, 0.717) is 0 Å². The summed E-state index contributed by atoms with van der Waals surface area (Å²) in [6.07, 6.45) is 1.93. The van der Waals surface area contributed by atoms with Gasteiger partial charge in [-0.3, -0.25) is 0 Å². The molecule has 0 saturated heterocycles. The Bertz CT molecular complexity index is 604. The molecule has 1 unspecified atom stereocenters. The van der Waals surface area contributed by atoms with Gasteiger partial charge in [0.15, 0.2) is 0 Å². The van der Waals surface area contributed by atoms with Crippen molar-refractivity contribution >= 4 is 5.90 Å². The topological polar surface area (TPSA) is 21.6 Å². The summed E-state index contributed by atoms with van der Waals surface area (Å²) in [5.74, 6) is 0.809. The summed E-state index contributed by atoms with van der Waals surface area (Å²) >= 11 is 0. The fraction of sp³-hybridized carbons (Fsp3) is 0.278. The van der Waals surface area contributed by atoms with Gasteiger partial charge < -0.3 is 4.74 Å². The maximum absolute atomic E-state index is 5.80. The molecular weight excluding hydrogens is 246 g/mol. The van der Waals surface area contributed by atoms with Gasteiger partial charge in [-0.2, -0.15) is 0 Å². The summed E-state index contributed by atoms with van der Waals surface area (Å²) in [6, 6.07) is 19.1. The summed E-state index contributed by atoms with van der Waals surface area (Å²) in [7, 11) is 0. The Kier molecular flexibility index (Phi) is 3.82. The third kappa shape index (κ3) is 2.60. The Morgan fingerprint density at radius 3 is 2.55 bits per heavy atom. The molecule has 2 heteroatoms. The molecule has 1 aliphatic rings. The van der Waals surface area contributed by atoms with Gasteiger partial charge in [0.05, 0.1) is 12.6 Å². The van der Waals surface area contributed by atoms with Crippen molar-refractivity contribution in [2.45, 2.75) is 25.8 Å². The molecule has 0 radical (unpaired) electrons. The van der Waals surface area contributed by atoms with Crippen molar-refractivity contribution in [2.24, 2.45) is 4.99 Å². The Labute approximate surface area is 120 Å². The average molecular weight is 265 g/mol. The van der Waals surface area contributed by atoms with Crippen LogP contribution in [0.2, 0.25) is 0 Å². The summed E-state index contributed by atoms with van der Waals surface area (Å²) in [4.78, 5) is 4.78. The Morgan fingerprint density at radius 1 is 1.00 bits per heavy atom. The number of benzene rings is 2. The van der Waals surface area contributed by atoms with Crippen LogP contribution in [0.25, 0.3) is 0 Å². The van der Waals surface area contributed by atoms with E-state index >= 15 is 0 Å². The predicted molar refractivity (Wildman–Crippen MR) is 82.1 cm³/mol. The van der Waals surface area contributed by atoms with Crippen LogP contribution in [-0.2, 0) is 11.2 Å². The van der Waals surface area contributed by atoms with Crippen LogP contribution >= 0.6 is 0 Å². The zero-order valence-electron chi connectivity index (χ0n) is 11.8. The zero-order chi connectivity index (χ0) is 13.8. The number of fused-ring (bicyclic) bond motifs is 1. The normalized spacial score (nSPS) is 16.6. The monoisotopic (exact) mass is 265 g/mol. The van der Waals surface area contributed by atoms with Gasteiger partial charge in [0, 0.05) is 5.56 Å². The average Bonchev–Trinajstić information content (AvgIpc) is 2.85. The first-order chi connectivity index (χ1) is 9.88. The van der Waals surface area contributed by atoms with E-state index in [1.54, 1.807) is 0 Å². The smallest absolute Gasteiger partial charge is 0.217 e. The second-order valence-corrected chi connectivity index (χ2v) is 5.08. The molecule has 20 heavy (non-hydrogen) atoms. The first-order valence-electron chi connectivity index (χ1n) is 7.22. The lowest BCUT2D eigenvalue weighted by Gasteiger charge is -2.08. The summed E-state index contributed by atoms with van der Waals surface area (Å²) in [5, 5.41) is 0. The van der Waals surface area contributed by atoms with Crippen molar-refractivity contribution in [2.75, 3.05) is 6.61 Å². The molecule has 1 atom stereocenters. The highest BCUT2D eigenvalue weighted by atomic mass is 16.5. The maximum Gasteiger partial charge on any atom is 0.217 e. The minimum absolute atomic E-state index is 0.181. The van der Waals surface area contributed by atoms with Gasteiger partial charge in [0.25, 0.3) is 0 Å². The fourth-order valence-electron chi connectivity index (χ4n) is 2.57. The van der Waals surface area contributed by atoms with Crippen LogP contribution in [0.5, 0.6) is 0 Å². The lowest BCUT2D eigenvalue weighted by atomic mass is 9.98. The van der Waals surface area contributed by atoms with Crippen molar-refractivity contribution in [1.82, 2.24) is 0 Å². The fourth-order valence-corrected chi connectivity index (χ4v) is 2.57. The standard InChI is InChI=1S/C18H19NO/c1-2-12-20-18-16-11-7-6-10-15(16)17(19-18)13-14-8-4-3-5-9-14/h3-11,17H,2,12-13H2,1H3. The first-order valence-corrected chi connectivity index (χ1v) is 7.22. The number of aliphatic imine (C=N–C) groups is 1. The molecule has 1 heterocycles. The summed E-state index contributed by atoms with van der Waals surface area (Å²) < 4.78 is 5.80. The molecule has 0 bridgehead atoms. The van der Waals surface area contributed by atoms with Gasteiger partial charge in [-0.1, -0.05) is 55.5 Å². The molecule has 0 aromatic heterocycles. The summed E-state index contributed by atoms with van der Waals surface area (Å²) in [6.45, 7) is 2.84. The van der Waals surface area contributed by atoms with Crippen LogP contribution in [0.3, 0.4) is 0 Å². The van der Waals surface area contributed by atoms with E-state index < -0.39 is 0 Å². The molecule has 0 fully saturated rings. The van der Waals surface area contributed by atoms with Crippen molar-refractivity contribution in [1.29, 1.82) is 0 Å². The highest BCUT2D eigenvalue weighted by molar-refractivity contribution is 5.98. The lowest BCUT2D eigenvalue weighted by molar-refractivity contribution is 0.305. The number of hydrogen-bond acceptors (Lipinski definition) is 2. The predicted octanol–water partition coefficient (Wildman–Crippen LogP) is 4.16. The highest BCUT2D eigenvalue weighted by Crippen LogP contribution is 2.32. The minimum atomic E-state index is 0.181. The summed E-state index contributed by atoms with van der Waals surface area (Å²) in [5.41, 5.74) is 3.75. The quantitative estimate of drug-likeness (QED) is 0.813. The lowest BCUT2D eigenvalue weighted by Crippen LogP contribution is -2.04. The molecule has 0 spiro atoms. The van der Waals surface area contributed by atoms with Crippen LogP contribution in [0.4, 0.5) is 0 Å². The van der Waals surface area contributed by atoms with Crippen LogP contribution in [0.1, 0.15) is 36.1 Å². The molecule has 3 rings (SSSR count). The van der Waals surface area contributed by atoms with E-state index in [0.717, 1.165) is 30.9 Å². The molecule has 0 saturated carbocycles. The van der Waals surface area contributed by atoms with E-state index in [1.165, 1.54) is 11.1 Å². The highest BCUT2D eigenvalue weighted by Gasteiger charge is 2.25. The molecule has 1 aliphatic heterocycles. The van der Waals surface area contributed by atoms with Gasteiger partial charge in [-0.05, 0) is 30.0 Å². The first kappa shape index (κ1) is 12.9. The number of nitrogens with zero attached hydrogens (tertiary/aromatic N) is 1. The van der Waals surface area contributed by atoms with Gasteiger partial charge in [0.1, 0.15) is 0 Å². The third-order valence-corrected chi connectivity index (χ3v) is 3.54. The number of hydrogen-bond donors (Lipinski definition) is 0. The van der Waals surface area contributed by atoms with Crippen molar-refractivity contribution < 1.29 is 4.74 Å². The van der Waals surface area contributed by atoms with Crippen LogP contribution < -0.4 is 0 Å². The molecular formula is C18H19NO. The maximum atomic E-state index is 5.80. The van der Waals surface area contributed by atoms with E-state index in [2.05, 4.69) is 55.5 Å². The number of ether oxygens (including phenoxy) is 1. The molecule has 0 N–H and O–H groups in total. The third-order valence-electron chi connectivity index (χ3n) is 3.54. The second-order valence-electron chi connectivity index (χ2n) is 5.08. The van der Waals surface area contributed by atoms with Crippen LogP contribution in [0, 0.1) is 0 Å². The second kappa shape index (κ2) is 5.91. The molecule has 2 aromatic rings. The molecule has 102 valence electrons. The number of rotatable bonds is 4. The Morgan fingerprint density at radius 2 is 1.75 bits per heavy atom. The van der Waals surface area contributed by atoms with Gasteiger partial charge >= 0.3 is 0 Å². The van der Waals surface area contributed by atoms with Crippen molar-refractivity contribution in [3.63, 3.8) is 0 Å². The van der Waals surface area contributed by atoms with Crippen LogP contribution in [0.15, 0.2) is 59.6 Å². The van der Waals surface area contributed by atoms with Crippen molar-refractivity contribution in [3.05, 3.63) is 71.3 Å². The zero-order valence-corrected chi connectivity index (χ0v) is 11.8. The van der Waals surface area contributed by atoms with E-state index in [9.17, 15) is 0 Å². The van der Waals surface area contributed by atoms with E-state index in [1.807, 2.05) is 6.07 Å². The molecule has 0 amide bonds. The SMILES string of the molecule is CCCOC1=NC(Cc2ccccc2)c2ccccc21. The molecule has 0 aliphatic carbocycles. The minimum Gasteiger partial charge on any atom is -0.477 e. The van der Waals surface area contributed by atoms with Gasteiger partial charge in [-0.15, -0.1) is 0 Å². The van der Waals surface area contributed by atoms with Gasteiger partial charge in [-0.25, -0.2) is 4.99 Å². The Balaban J connectivity index is 1.86. The molecule has 2 nitrogen and oxygen atoms in total. The van der Waals surface area contributed by atoms with E-state index in [-0.39, 0.29) is 6.04 Å². The molecule has 2 aromatic carbocycles.